The van der Waals surface area contributed by atoms with Gasteiger partial charge in [-0.05, 0) is 68.9 Å². The minimum absolute atomic E-state index is 0.0176. The molecule has 0 saturated heterocycles. The van der Waals surface area contributed by atoms with Crippen LogP contribution in [0.2, 0.25) is 0 Å². The molecule has 1 aromatic heterocycles. The Bertz CT molecular complexity index is 1180. The van der Waals surface area contributed by atoms with E-state index in [-0.39, 0.29) is 23.7 Å². The summed E-state index contributed by atoms with van der Waals surface area (Å²) in [7, 11) is 0. The molecule has 0 radical (unpaired) electrons. The van der Waals surface area contributed by atoms with E-state index in [1.54, 1.807) is 11.3 Å². The van der Waals surface area contributed by atoms with E-state index in [1.807, 2.05) is 50.4 Å². The topological polar surface area (TPSA) is 70.6 Å². The SMILES string of the molecule is C/C(=N/NC(=O)[C@@H]1C[C@H]1c1ccc(C)cc1)c1ccc(NC(=O)c2csc(C)c2C)cc1. The number of aryl methyl sites for hydroxylation is 2. The highest BCUT2D eigenvalue weighted by Gasteiger charge is 2.43. The zero-order valence-electron chi connectivity index (χ0n) is 18.7. The van der Waals surface area contributed by atoms with Gasteiger partial charge >= 0.3 is 0 Å². The lowest BCUT2D eigenvalue weighted by molar-refractivity contribution is -0.122. The molecule has 1 aliphatic rings. The summed E-state index contributed by atoms with van der Waals surface area (Å²) in [6.07, 6.45) is 0.862. The van der Waals surface area contributed by atoms with Crippen molar-refractivity contribution in [2.45, 2.75) is 40.0 Å². The summed E-state index contributed by atoms with van der Waals surface area (Å²) in [6.45, 7) is 7.89. The molecule has 1 fully saturated rings. The van der Waals surface area contributed by atoms with E-state index in [9.17, 15) is 9.59 Å². The highest BCUT2D eigenvalue weighted by molar-refractivity contribution is 7.10. The molecule has 164 valence electrons. The van der Waals surface area contributed by atoms with Crippen molar-refractivity contribution in [3.63, 3.8) is 0 Å². The Morgan fingerprint density at radius 1 is 1.00 bits per heavy atom. The molecule has 1 aliphatic carbocycles. The quantitative estimate of drug-likeness (QED) is 0.385. The summed E-state index contributed by atoms with van der Waals surface area (Å²) >= 11 is 1.58. The van der Waals surface area contributed by atoms with Gasteiger partial charge in [-0.15, -0.1) is 11.3 Å². The molecule has 0 spiro atoms. The van der Waals surface area contributed by atoms with Crippen molar-refractivity contribution in [1.29, 1.82) is 0 Å². The molecule has 2 aromatic carbocycles. The van der Waals surface area contributed by atoms with Crippen molar-refractivity contribution in [3.8, 4) is 0 Å². The maximum atomic E-state index is 12.5. The third-order valence-electron chi connectivity index (χ3n) is 6.06. The number of hydrazone groups is 1. The van der Waals surface area contributed by atoms with Gasteiger partial charge in [-0.25, -0.2) is 5.43 Å². The van der Waals surface area contributed by atoms with Gasteiger partial charge in [0, 0.05) is 21.9 Å². The van der Waals surface area contributed by atoms with Crippen LogP contribution >= 0.6 is 11.3 Å². The number of hydrogen-bond donors (Lipinski definition) is 2. The summed E-state index contributed by atoms with van der Waals surface area (Å²) in [4.78, 5) is 26.1. The number of thiophene rings is 1. The Morgan fingerprint density at radius 3 is 2.31 bits per heavy atom. The van der Waals surface area contributed by atoms with Crippen molar-refractivity contribution < 1.29 is 9.59 Å². The van der Waals surface area contributed by atoms with Crippen LogP contribution in [0.1, 0.15) is 56.8 Å². The maximum Gasteiger partial charge on any atom is 0.256 e. The van der Waals surface area contributed by atoms with Crippen molar-refractivity contribution in [3.05, 3.63) is 86.6 Å². The monoisotopic (exact) mass is 445 g/mol. The molecule has 4 rings (SSSR count). The van der Waals surface area contributed by atoms with Crippen LogP contribution in [0.3, 0.4) is 0 Å². The molecular weight excluding hydrogens is 418 g/mol. The van der Waals surface area contributed by atoms with E-state index in [0.717, 1.165) is 28.1 Å². The molecule has 6 heteroatoms. The number of nitrogens with zero attached hydrogens (tertiary/aromatic N) is 1. The van der Waals surface area contributed by atoms with Gasteiger partial charge in [0.1, 0.15) is 0 Å². The molecule has 32 heavy (non-hydrogen) atoms. The number of nitrogens with one attached hydrogen (secondary N) is 2. The fraction of sp³-hybridized carbons (Fsp3) is 0.269. The summed E-state index contributed by atoms with van der Waals surface area (Å²) in [5, 5.41) is 9.10. The zero-order chi connectivity index (χ0) is 22.8. The lowest BCUT2D eigenvalue weighted by Crippen LogP contribution is -2.21. The zero-order valence-corrected chi connectivity index (χ0v) is 19.5. The Labute approximate surface area is 192 Å². The highest BCUT2D eigenvalue weighted by Crippen LogP contribution is 2.47. The van der Waals surface area contributed by atoms with Crippen LogP contribution in [-0.2, 0) is 4.79 Å². The molecule has 2 amide bonds. The van der Waals surface area contributed by atoms with Gasteiger partial charge in [0.25, 0.3) is 5.91 Å². The first kappa shape index (κ1) is 22.0. The smallest absolute Gasteiger partial charge is 0.256 e. The Hall–Kier alpha value is -3.25. The fourth-order valence-corrected chi connectivity index (χ4v) is 4.55. The van der Waals surface area contributed by atoms with E-state index in [1.165, 1.54) is 11.1 Å². The van der Waals surface area contributed by atoms with Gasteiger partial charge in [-0.3, -0.25) is 9.59 Å². The van der Waals surface area contributed by atoms with Crippen LogP contribution in [0.5, 0.6) is 0 Å². The van der Waals surface area contributed by atoms with E-state index in [4.69, 9.17) is 0 Å². The Balaban J connectivity index is 1.33. The Kier molecular flexibility index (Phi) is 6.24. The maximum absolute atomic E-state index is 12.5. The van der Waals surface area contributed by atoms with Crippen LogP contribution in [-0.4, -0.2) is 17.5 Å². The predicted molar refractivity (Wildman–Crippen MR) is 131 cm³/mol. The minimum Gasteiger partial charge on any atom is -0.322 e. The second kappa shape index (κ2) is 9.09. The third-order valence-corrected chi connectivity index (χ3v) is 7.07. The number of amides is 2. The standard InChI is InChI=1S/C26H27N3O2S/c1-15-5-7-20(8-6-15)22-13-23(22)26(31)29-28-17(3)19-9-11-21(12-10-19)27-25(30)24-14-32-18(4)16(24)2/h5-12,14,22-23H,13H2,1-4H3,(H,27,30)(H,29,31)/b28-17-/t22-,23+/m0/s1. The molecular formula is C26H27N3O2S. The molecule has 0 unspecified atom stereocenters. The van der Waals surface area contributed by atoms with Crippen LogP contribution in [0.4, 0.5) is 5.69 Å². The molecule has 1 saturated carbocycles. The van der Waals surface area contributed by atoms with Gasteiger partial charge in [0.2, 0.25) is 5.91 Å². The molecule has 0 aliphatic heterocycles. The second-order valence-corrected chi connectivity index (χ2v) is 9.48. The molecule has 0 bridgehead atoms. The van der Waals surface area contributed by atoms with Gasteiger partial charge < -0.3 is 5.32 Å². The highest BCUT2D eigenvalue weighted by atomic mass is 32.1. The molecule has 1 heterocycles. The van der Waals surface area contributed by atoms with Gasteiger partial charge in [0.05, 0.1) is 11.3 Å². The average molecular weight is 446 g/mol. The van der Waals surface area contributed by atoms with E-state index < -0.39 is 0 Å². The lowest BCUT2D eigenvalue weighted by Gasteiger charge is -2.07. The van der Waals surface area contributed by atoms with Crippen molar-refractivity contribution in [2.75, 3.05) is 5.32 Å². The number of hydrogen-bond acceptors (Lipinski definition) is 4. The second-order valence-electron chi connectivity index (χ2n) is 8.39. The van der Waals surface area contributed by atoms with Crippen molar-refractivity contribution in [1.82, 2.24) is 5.43 Å². The largest absolute Gasteiger partial charge is 0.322 e. The summed E-state index contributed by atoms with van der Waals surface area (Å²) < 4.78 is 0. The molecule has 5 nitrogen and oxygen atoms in total. The van der Waals surface area contributed by atoms with Crippen LogP contribution < -0.4 is 10.7 Å². The van der Waals surface area contributed by atoms with Gasteiger partial charge in [-0.2, -0.15) is 5.10 Å². The molecule has 2 N–H and O–H groups in total. The lowest BCUT2D eigenvalue weighted by atomic mass is 10.1. The van der Waals surface area contributed by atoms with E-state index >= 15 is 0 Å². The number of carbonyl (C=O) groups is 2. The Morgan fingerprint density at radius 2 is 1.69 bits per heavy atom. The molecule has 3 aromatic rings. The number of rotatable bonds is 6. The first-order chi connectivity index (χ1) is 15.3. The first-order valence-corrected chi connectivity index (χ1v) is 11.6. The van der Waals surface area contributed by atoms with Gasteiger partial charge in [0.15, 0.2) is 0 Å². The van der Waals surface area contributed by atoms with Crippen LogP contribution in [0.25, 0.3) is 0 Å². The first-order valence-electron chi connectivity index (χ1n) is 10.7. The van der Waals surface area contributed by atoms with Crippen LogP contribution in [0, 0.1) is 26.7 Å². The third kappa shape index (κ3) is 4.81. The summed E-state index contributed by atoms with van der Waals surface area (Å²) in [6, 6.07) is 15.8. The number of carbonyl (C=O) groups excluding carboxylic acids is 2. The molecule has 2 atom stereocenters. The van der Waals surface area contributed by atoms with E-state index in [0.29, 0.717) is 11.3 Å². The van der Waals surface area contributed by atoms with Crippen molar-refractivity contribution in [2.24, 2.45) is 11.0 Å². The average Bonchev–Trinajstić information content (AvgIpc) is 3.52. The summed E-state index contributed by atoms with van der Waals surface area (Å²) in [5.41, 5.74) is 9.19. The minimum atomic E-state index is -0.107. The number of anilines is 1. The van der Waals surface area contributed by atoms with Gasteiger partial charge in [-0.1, -0.05) is 42.0 Å². The van der Waals surface area contributed by atoms with Crippen LogP contribution in [0.15, 0.2) is 59.0 Å². The number of benzene rings is 2. The van der Waals surface area contributed by atoms with E-state index in [2.05, 4.69) is 47.0 Å². The normalized spacial score (nSPS) is 17.7. The fourth-order valence-electron chi connectivity index (χ4n) is 3.68. The summed E-state index contributed by atoms with van der Waals surface area (Å²) in [5.74, 6) is 0.116. The van der Waals surface area contributed by atoms with Crippen molar-refractivity contribution >= 4 is 34.6 Å². The predicted octanol–water partition coefficient (Wildman–Crippen LogP) is 5.57.